The van der Waals surface area contributed by atoms with E-state index in [1.54, 1.807) is 0 Å². The first-order valence-electron chi connectivity index (χ1n) is 10.1. The normalized spacial score (nSPS) is 12.0. The van der Waals surface area contributed by atoms with Crippen LogP contribution in [0.1, 0.15) is 86.3 Å². The van der Waals surface area contributed by atoms with Crippen LogP contribution in [0.25, 0.3) is 11.1 Å². The molecule has 0 aromatic heterocycles. The molecule has 1 aliphatic carbocycles. The van der Waals surface area contributed by atoms with Gasteiger partial charge in [-0.05, 0) is 34.3 Å². The average Bonchev–Trinajstić information content (AvgIpc) is 3.01. The number of allylic oxidation sites excluding steroid dienone is 6. The lowest BCUT2D eigenvalue weighted by molar-refractivity contribution is 0.936. The van der Waals surface area contributed by atoms with E-state index in [1.807, 2.05) is 67.5 Å². The summed E-state index contributed by atoms with van der Waals surface area (Å²) in [6.07, 6.45) is 8.20. The van der Waals surface area contributed by atoms with Gasteiger partial charge in [0.05, 0.1) is 0 Å². The molecule has 0 nitrogen and oxygen atoms in total. The zero-order chi connectivity index (χ0) is 20.3. The van der Waals surface area contributed by atoms with Crippen molar-refractivity contribution in [1.82, 2.24) is 0 Å². The molecule has 0 heteroatoms. The number of fused-ring (bicyclic) bond motifs is 1. The smallest absolute Gasteiger partial charge is 0.0102 e. The van der Waals surface area contributed by atoms with Crippen LogP contribution in [0, 0.1) is 0 Å². The first-order valence-corrected chi connectivity index (χ1v) is 10.1. The molecule has 0 atom stereocenters. The van der Waals surface area contributed by atoms with Crippen molar-refractivity contribution in [2.75, 3.05) is 0 Å². The molecule has 2 rings (SSSR count). The van der Waals surface area contributed by atoms with Crippen LogP contribution in [0.3, 0.4) is 0 Å². The molecule has 0 saturated carbocycles. The third kappa shape index (κ3) is 8.20. The molecule has 1 aliphatic rings. The summed E-state index contributed by atoms with van der Waals surface area (Å²) >= 11 is 0. The Morgan fingerprint density at radius 1 is 0.800 bits per heavy atom. The minimum absolute atomic E-state index is 1.09. The Balaban J connectivity index is -0.000000533. The molecule has 0 bridgehead atoms. The summed E-state index contributed by atoms with van der Waals surface area (Å²) in [7, 11) is 0. The van der Waals surface area contributed by atoms with E-state index in [2.05, 4.69) is 50.4 Å². The minimum atomic E-state index is 1.09. The lowest BCUT2D eigenvalue weighted by atomic mass is 9.99. The summed E-state index contributed by atoms with van der Waals surface area (Å²) in [6.45, 7) is 26.0. The van der Waals surface area contributed by atoms with Crippen LogP contribution in [-0.4, -0.2) is 0 Å². The summed E-state index contributed by atoms with van der Waals surface area (Å²) in [5, 5.41) is 0. The Kier molecular flexibility index (Phi) is 22.7. The maximum Gasteiger partial charge on any atom is -0.0102 e. The molecule has 0 heterocycles. The first-order chi connectivity index (χ1) is 12.3. The van der Waals surface area contributed by atoms with E-state index >= 15 is 0 Å². The predicted molar refractivity (Wildman–Crippen MR) is 122 cm³/mol. The predicted octanol–water partition coefficient (Wildman–Crippen LogP) is 9.11. The van der Waals surface area contributed by atoms with Gasteiger partial charge in [-0.1, -0.05) is 124 Å². The van der Waals surface area contributed by atoms with E-state index in [9.17, 15) is 0 Å². The lowest BCUT2D eigenvalue weighted by Crippen LogP contribution is -1.84. The average molecular weight is 343 g/mol. The number of benzene rings is 1. The van der Waals surface area contributed by atoms with Crippen LogP contribution < -0.4 is 0 Å². The van der Waals surface area contributed by atoms with Gasteiger partial charge in [-0.25, -0.2) is 0 Å². The second kappa shape index (κ2) is 20.2. The van der Waals surface area contributed by atoms with Gasteiger partial charge in [-0.15, -0.1) is 0 Å². The van der Waals surface area contributed by atoms with Crippen molar-refractivity contribution in [1.29, 1.82) is 0 Å². The molecular formula is C25H42. The van der Waals surface area contributed by atoms with Gasteiger partial charge < -0.3 is 0 Å². The Labute approximate surface area is 159 Å². The van der Waals surface area contributed by atoms with Crippen LogP contribution in [0.2, 0.25) is 0 Å². The van der Waals surface area contributed by atoms with Gasteiger partial charge in [0.15, 0.2) is 0 Å². The highest BCUT2D eigenvalue weighted by Gasteiger charge is 2.22. The van der Waals surface area contributed by atoms with Gasteiger partial charge >= 0.3 is 0 Å². The molecule has 0 unspecified atom stereocenters. The van der Waals surface area contributed by atoms with Gasteiger partial charge in [0.1, 0.15) is 0 Å². The molecule has 1 aromatic carbocycles. The molecule has 0 aliphatic heterocycles. The molecule has 142 valence electrons. The van der Waals surface area contributed by atoms with Gasteiger partial charge in [-0.3, -0.25) is 0 Å². The first kappa shape index (κ1) is 28.0. The van der Waals surface area contributed by atoms with Crippen molar-refractivity contribution < 1.29 is 0 Å². The molecule has 0 saturated heterocycles. The van der Waals surface area contributed by atoms with Gasteiger partial charge in [-0.2, -0.15) is 0 Å². The third-order valence-electron chi connectivity index (χ3n) is 3.15. The maximum absolute atomic E-state index is 3.96. The summed E-state index contributed by atoms with van der Waals surface area (Å²) in [6, 6.07) is 8.52. The van der Waals surface area contributed by atoms with Gasteiger partial charge in [0.2, 0.25) is 0 Å². The fourth-order valence-electron chi connectivity index (χ4n) is 2.48. The molecule has 25 heavy (non-hydrogen) atoms. The fourth-order valence-corrected chi connectivity index (χ4v) is 2.48. The van der Waals surface area contributed by atoms with Crippen molar-refractivity contribution in [3.05, 3.63) is 72.4 Å². The molecule has 0 spiro atoms. The second-order valence-corrected chi connectivity index (χ2v) is 4.21. The van der Waals surface area contributed by atoms with Gasteiger partial charge in [0, 0.05) is 0 Å². The van der Waals surface area contributed by atoms with Crippen LogP contribution in [0.4, 0.5) is 0 Å². The summed E-state index contributed by atoms with van der Waals surface area (Å²) in [5.41, 5.74) is 6.62. The molecule has 0 fully saturated rings. The van der Waals surface area contributed by atoms with E-state index in [0.29, 0.717) is 0 Å². The topological polar surface area (TPSA) is 0 Å². The number of hydrogen-bond donors (Lipinski definition) is 0. The monoisotopic (exact) mass is 342 g/mol. The van der Waals surface area contributed by atoms with Crippen molar-refractivity contribution >= 4 is 11.1 Å². The fraction of sp³-hybridized carbons (Fsp3) is 0.440. The van der Waals surface area contributed by atoms with E-state index in [4.69, 9.17) is 0 Å². The highest BCUT2D eigenvalue weighted by Crippen LogP contribution is 2.43. The summed E-state index contributed by atoms with van der Waals surface area (Å²) in [5.74, 6) is 0. The molecule has 0 amide bonds. The molecule has 0 radical (unpaired) electrons. The number of rotatable bonds is 4. The Morgan fingerprint density at radius 2 is 1.28 bits per heavy atom. The lowest BCUT2D eigenvalue weighted by Gasteiger charge is -2.05. The van der Waals surface area contributed by atoms with Crippen molar-refractivity contribution in [2.24, 2.45) is 0 Å². The highest BCUT2D eigenvalue weighted by molar-refractivity contribution is 6.03. The zero-order valence-electron chi connectivity index (χ0n) is 18.4. The minimum Gasteiger partial charge on any atom is -0.0990 e. The summed E-state index contributed by atoms with van der Waals surface area (Å²) in [4.78, 5) is 0. The zero-order valence-corrected chi connectivity index (χ0v) is 18.4. The second-order valence-electron chi connectivity index (χ2n) is 4.21. The Morgan fingerprint density at radius 3 is 1.68 bits per heavy atom. The Hall–Kier alpha value is -1.82. The highest BCUT2D eigenvalue weighted by atomic mass is 14.3. The van der Waals surface area contributed by atoms with Crippen LogP contribution in [0.5, 0.6) is 0 Å². The summed E-state index contributed by atoms with van der Waals surface area (Å²) < 4.78 is 0. The third-order valence-corrected chi connectivity index (χ3v) is 3.15. The molecule has 1 aromatic rings. The maximum atomic E-state index is 3.96. The van der Waals surface area contributed by atoms with Crippen molar-refractivity contribution in [3.8, 4) is 0 Å². The van der Waals surface area contributed by atoms with Crippen LogP contribution >= 0.6 is 0 Å². The quantitative estimate of drug-likeness (QED) is 0.511. The standard InChI is InChI=1S/C17H18.4C2H6/c1-4-9-14-13(6-3)16-11-7-8-12-17(16)15(14)10-5-2;4*1-2/h5-8,10-12H,2-4,9H2,1H3;4*1-2H3/b15-10+;;;;. The molecule has 0 N–H and O–H groups in total. The Bertz CT molecular complexity index is 513. The number of hydrogen-bond acceptors (Lipinski definition) is 0. The van der Waals surface area contributed by atoms with E-state index < -0.39 is 0 Å². The van der Waals surface area contributed by atoms with E-state index in [1.165, 1.54) is 27.8 Å². The van der Waals surface area contributed by atoms with E-state index in [-0.39, 0.29) is 0 Å². The van der Waals surface area contributed by atoms with Crippen LogP contribution in [-0.2, 0) is 0 Å². The van der Waals surface area contributed by atoms with Gasteiger partial charge in [0.25, 0.3) is 0 Å². The van der Waals surface area contributed by atoms with Crippen molar-refractivity contribution in [3.63, 3.8) is 0 Å². The van der Waals surface area contributed by atoms with E-state index in [0.717, 1.165) is 12.8 Å². The van der Waals surface area contributed by atoms with Crippen molar-refractivity contribution in [2.45, 2.75) is 75.2 Å². The van der Waals surface area contributed by atoms with Crippen LogP contribution in [0.15, 0.2) is 61.2 Å². The SMILES string of the molecule is C=C/C=C1\C(CCC)=C(C=C)c2ccccc21.CC.CC.CC.CC. The largest absolute Gasteiger partial charge is 0.0990 e. The molecular weight excluding hydrogens is 300 g/mol.